The number of amides is 1. The lowest BCUT2D eigenvalue weighted by Gasteiger charge is -2.28. The molecule has 0 spiro atoms. The van der Waals surface area contributed by atoms with Crippen molar-refractivity contribution in [1.29, 1.82) is 0 Å². The second-order valence-electron chi connectivity index (χ2n) is 7.44. The lowest BCUT2D eigenvalue weighted by Crippen LogP contribution is -2.47. The monoisotopic (exact) mass is 445 g/mol. The third kappa shape index (κ3) is 4.26. The predicted molar refractivity (Wildman–Crippen MR) is 120 cm³/mol. The van der Waals surface area contributed by atoms with Crippen molar-refractivity contribution in [2.75, 3.05) is 18.0 Å². The molecule has 2 aliphatic rings. The molecule has 4 rings (SSSR count). The van der Waals surface area contributed by atoms with Crippen molar-refractivity contribution in [3.05, 3.63) is 69.6 Å². The smallest absolute Gasteiger partial charge is 0.283 e. The number of halogens is 2. The summed E-state index contributed by atoms with van der Waals surface area (Å²) in [7, 11) is 0. The Morgan fingerprint density at radius 2 is 1.93 bits per heavy atom. The Kier molecular flexibility index (Phi) is 6.46. The summed E-state index contributed by atoms with van der Waals surface area (Å²) in [6.07, 6.45) is 5.32. The van der Waals surface area contributed by atoms with Gasteiger partial charge in [0.05, 0.1) is 10.7 Å². The number of nitrogens with zero attached hydrogens (tertiary/aromatic N) is 3. The number of carbonyl (C=O) groups is 1. The van der Waals surface area contributed by atoms with Crippen LogP contribution in [0.5, 0.6) is 0 Å². The molecule has 0 radical (unpaired) electrons. The van der Waals surface area contributed by atoms with Gasteiger partial charge in [-0.2, -0.15) is 0 Å². The first kappa shape index (κ1) is 21.0. The molecule has 0 saturated carbocycles. The van der Waals surface area contributed by atoms with Gasteiger partial charge >= 0.3 is 0 Å². The van der Waals surface area contributed by atoms with Gasteiger partial charge in [0.2, 0.25) is 0 Å². The Labute approximate surface area is 186 Å². The summed E-state index contributed by atoms with van der Waals surface area (Å²) in [5.74, 6) is 0.566. The molecule has 1 unspecified atom stereocenters. The summed E-state index contributed by atoms with van der Waals surface area (Å²) < 4.78 is 0. The molecule has 6 nitrogen and oxygen atoms in total. The number of benzene rings is 1. The Morgan fingerprint density at radius 3 is 2.60 bits per heavy atom. The van der Waals surface area contributed by atoms with Crippen molar-refractivity contribution < 1.29 is 4.79 Å². The fraction of sp³-hybridized carbons (Fsp3) is 0.364. The van der Waals surface area contributed by atoms with E-state index in [1.807, 2.05) is 47.2 Å². The molecule has 1 amide bonds. The van der Waals surface area contributed by atoms with Crippen LogP contribution in [-0.2, 0) is 4.79 Å². The average molecular weight is 446 g/mol. The first-order chi connectivity index (χ1) is 14.6. The van der Waals surface area contributed by atoms with Gasteiger partial charge in [0.1, 0.15) is 17.7 Å². The van der Waals surface area contributed by atoms with E-state index >= 15 is 0 Å². The van der Waals surface area contributed by atoms with Crippen LogP contribution in [0.25, 0.3) is 0 Å². The number of rotatable bonds is 5. The summed E-state index contributed by atoms with van der Waals surface area (Å²) in [5.41, 5.74) is 5.35. The summed E-state index contributed by atoms with van der Waals surface area (Å²) in [4.78, 5) is 19.7. The number of anilines is 1. The van der Waals surface area contributed by atoms with E-state index in [0.29, 0.717) is 28.0 Å². The fourth-order valence-corrected chi connectivity index (χ4v) is 4.36. The van der Waals surface area contributed by atoms with Crippen LogP contribution in [0.1, 0.15) is 44.3 Å². The summed E-state index contributed by atoms with van der Waals surface area (Å²) in [6, 6.07) is 11.3. The van der Waals surface area contributed by atoms with Crippen LogP contribution in [0.3, 0.4) is 0 Å². The molecule has 1 aromatic heterocycles. The molecule has 0 bridgehead atoms. The molecule has 3 heterocycles. The molecule has 0 aliphatic carbocycles. The maximum atomic E-state index is 13.2. The SMILES string of the molecule is CCC1=C(C(=O)NN2CCCCC2)NC(c2ccccc2Cl)N1c1ccc(Cl)cn1. The van der Waals surface area contributed by atoms with Crippen LogP contribution in [0.2, 0.25) is 10.0 Å². The maximum absolute atomic E-state index is 13.2. The average Bonchev–Trinajstić information content (AvgIpc) is 3.15. The molecular formula is C22H25Cl2N5O. The van der Waals surface area contributed by atoms with Crippen LogP contribution >= 0.6 is 23.2 Å². The first-order valence-corrected chi connectivity index (χ1v) is 11.0. The van der Waals surface area contributed by atoms with Gasteiger partial charge in [-0.15, -0.1) is 0 Å². The van der Waals surface area contributed by atoms with Crippen molar-refractivity contribution in [1.82, 2.24) is 20.7 Å². The highest BCUT2D eigenvalue weighted by Gasteiger charge is 2.37. The van der Waals surface area contributed by atoms with E-state index in [1.165, 1.54) is 6.42 Å². The largest absolute Gasteiger partial charge is 0.355 e. The lowest BCUT2D eigenvalue weighted by molar-refractivity contribution is -0.123. The Morgan fingerprint density at radius 1 is 1.17 bits per heavy atom. The van der Waals surface area contributed by atoms with Gasteiger partial charge in [0, 0.05) is 29.9 Å². The van der Waals surface area contributed by atoms with Crippen molar-refractivity contribution in [3.8, 4) is 0 Å². The minimum Gasteiger partial charge on any atom is -0.355 e. The second kappa shape index (κ2) is 9.25. The maximum Gasteiger partial charge on any atom is 0.283 e. The number of hydrogen-bond acceptors (Lipinski definition) is 5. The molecule has 158 valence electrons. The van der Waals surface area contributed by atoms with Gasteiger partial charge in [-0.25, -0.2) is 9.99 Å². The zero-order valence-electron chi connectivity index (χ0n) is 16.9. The Bertz CT molecular complexity index is 941. The third-order valence-electron chi connectivity index (χ3n) is 5.45. The first-order valence-electron chi connectivity index (χ1n) is 10.3. The Balaban J connectivity index is 1.71. The molecule has 1 aromatic carbocycles. The van der Waals surface area contributed by atoms with Gasteiger partial charge in [-0.05, 0) is 37.5 Å². The fourth-order valence-electron chi connectivity index (χ4n) is 4.00. The van der Waals surface area contributed by atoms with Crippen molar-refractivity contribution in [3.63, 3.8) is 0 Å². The van der Waals surface area contributed by atoms with E-state index in [4.69, 9.17) is 23.2 Å². The number of allylic oxidation sites excluding steroid dienone is 1. The van der Waals surface area contributed by atoms with E-state index in [9.17, 15) is 4.79 Å². The predicted octanol–water partition coefficient (Wildman–Crippen LogP) is 4.64. The number of nitrogens with one attached hydrogen (secondary N) is 2. The molecule has 1 saturated heterocycles. The van der Waals surface area contributed by atoms with Crippen LogP contribution in [0.15, 0.2) is 54.0 Å². The standard InChI is InChI=1S/C22H25Cl2N5O/c1-2-18-20(22(30)27-28-12-6-3-7-13-28)26-21(16-8-4-5-9-17(16)24)29(18)19-11-10-15(23)14-25-19/h4-5,8-11,14,21,26H,2-3,6-7,12-13H2,1H3,(H,27,30). The van der Waals surface area contributed by atoms with E-state index in [-0.39, 0.29) is 12.1 Å². The summed E-state index contributed by atoms with van der Waals surface area (Å²) in [6.45, 7) is 3.77. The molecule has 2 N–H and O–H groups in total. The van der Waals surface area contributed by atoms with E-state index in [1.54, 1.807) is 12.3 Å². The quantitative estimate of drug-likeness (QED) is 0.701. The zero-order valence-corrected chi connectivity index (χ0v) is 18.4. The topological polar surface area (TPSA) is 60.5 Å². The van der Waals surface area contributed by atoms with Crippen molar-refractivity contribution in [2.24, 2.45) is 0 Å². The van der Waals surface area contributed by atoms with Crippen LogP contribution in [-0.4, -0.2) is 29.0 Å². The molecule has 2 aliphatic heterocycles. The Hall–Kier alpha value is -2.28. The van der Waals surface area contributed by atoms with Gasteiger partial charge in [0.15, 0.2) is 0 Å². The van der Waals surface area contributed by atoms with Crippen molar-refractivity contribution >= 4 is 34.9 Å². The highest BCUT2D eigenvalue weighted by molar-refractivity contribution is 6.31. The second-order valence-corrected chi connectivity index (χ2v) is 8.28. The number of aromatic nitrogens is 1. The van der Waals surface area contributed by atoms with Crippen LogP contribution in [0.4, 0.5) is 5.82 Å². The summed E-state index contributed by atoms with van der Waals surface area (Å²) in [5, 5.41) is 6.60. The van der Waals surface area contributed by atoms with E-state index in [2.05, 4.69) is 15.7 Å². The van der Waals surface area contributed by atoms with E-state index in [0.717, 1.165) is 37.2 Å². The molecule has 1 fully saturated rings. The van der Waals surface area contributed by atoms with Crippen LogP contribution in [0, 0.1) is 0 Å². The minimum atomic E-state index is -0.343. The van der Waals surface area contributed by atoms with Crippen molar-refractivity contribution in [2.45, 2.75) is 38.8 Å². The normalized spacial score (nSPS) is 19.7. The molecule has 1 atom stereocenters. The molecule has 30 heavy (non-hydrogen) atoms. The van der Waals surface area contributed by atoms with Gasteiger partial charge in [-0.3, -0.25) is 10.2 Å². The van der Waals surface area contributed by atoms with E-state index < -0.39 is 0 Å². The number of hydrazine groups is 1. The lowest BCUT2D eigenvalue weighted by atomic mass is 10.1. The number of carbonyl (C=O) groups excluding carboxylic acids is 1. The minimum absolute atomic E-state index is 0.137. The number of pyridine rings is 1. The number of piperidine rings is 1. The molecular weight excluding hydrogens is 421 g/mol. The highest BCUT2D eigenvalue weighted by atomic mass is 35.5. The molecule has 2 aromatic rings. The summed E-state index contributed by atoms with van der Waals surface area (Å²) >= 11 is 12.6. The third-order valence-corrected chi connectivity index (χ3v) is 6.02. The van der Waals surface area contributed by atoms with Gasteiger partial charge < -0.3 is 10.2 Å². The van der Waals surface area contributed by atoms with Gasteiger partial charge in [-0.1, -0.05) is 54.7 Å². The zero-order chi connectivity index (χ0) is 21.1. The number of hydrogen-bond donors (Lipinski definition) is 2. The van der Waals surface area contributed by atoms with Crippen LogP contribution < -0.4 is 15.6 Å². The highest BCUT2D eigenvalue weighted by Crippen LogP contribution is 2.38. The molecule has 8 heteroatoms. The van der Waals surface area contributed by atoms with Gasteiger partial charge in [0.25, 0.3) is 5.91 Å².